The fourth-order valence-corrected chi connectivity index (χ4v) is 3.75. The van der Waals surface area contributed by atoms with E-state index in [9.17, 15) is 4.79 Å². The van der Waals surface area contributed by atoms with E-state index in [0.717, 1.165) is 31.1 Å². The summed E-state index contributed by atoms with van der Waals surface area (Å²) in [5.74, 6) is 0.601. The van der Waals surface area contributed by atoms with Crippen LogP contribution in [-0.4, -0.2) is 23.4 Å². The third-order valence-corrected chi connectivity index (χ3v) is 5.17. The predicted octanol–water partition coefficient (Wildman–Crippen LogP) is 3.75. The number of carbonyl (C=O) groups excluding carboxylic acids is 1. The molecule has 126 valence electrons. The molecule has 0 bridgehead atoms. The standard InChI is InChI=1S/C19H19ClN2O.ClH/c20-17-7-5-13(6-8-17)16-9-18(21-10-16)19(23)22-11-14-3-1-2-4-15(14)12-22;/h1-8,16,18,21H,9-12H2;1H/t16-,18-;/m1./s1. The predicted molar refractivity (Wildman–Crippen MR) is 98.5 cm³/mol. The Balaban J connectivity index is 0.00000169. The monoisotopic (exact) mass is 362 g/mol. The molecule has 0 radical (unpaired) electrons. The van der Waals surface area contributed by atoms with Gasteiger partial charge in [0.2, 0.25) is 5.91 Å². The number of amides is 1. The lowest BCUT2D eigenvalue weighted by Gasteiger charge is -2.20. The summed E-state index contributed by atoms with van der Waals surface area (Å²) in [7, 11) is 0. The maximum absolute atomic E-state index is 12.8. The third kappa shape index (κ3) is 3.30. The van der Waals surface area contributed by atoms with E-state index in [1.807, 2.05) is 29.2 Å². The van der Waals surface area contributed by atoms with Crippen molar-refractivity contribution in [3.63, 3.8) is 0 Å². The quantitative estimate of drug-likeness (QED) is 0.882. The van der Waals surface area contributed by atoms with E-state index in [1.54, 1.807) is 0 Å². The molecule has 3 nitrogen and oxygen atoms in total. The topological polar surface area (TPSA) is 32.3 Å². The van der Waals surface area contributed by atoms with Gasteiger partial charge in [-0.2, -0.15) is 0 Å². The molecule has 0 aromatic heterocycles. The van der Waals surface area contributed by atoms with Gasteiger partial charge in [0.05, 0.1) is 6.04 Å². The van der Waals surface area contributed by atoms with Gasteiger partial charge < -0.3 is 10.2 Å². The maximum atomic E-state index is 12.8. The lowest BCUT2D eigenvalue weighted by atomic mass is 9.96. The number of carbonyl (C=O) groups is 1. The Bertz CT molecular complexity index is 707. The summed E-state index contributed by atoms with van der Waals surface area (Å²) < 4.78 is 0. The van der Waals surface area contributed by atoms with Gasteiger partial charge in [-0.1, -0.05) is 48.0 Å². The van der Waals surface area contributed by atoms with Crippen LogP contribution in [0.15, 0.2) is 48.5 Å². The molecule has 2 aliphatic rings. The van der Waals surface area contributed by atoms with Crippen LogP contribution < -0.4 is 5.32 Å². The summed E-state index contributed by atoms with van der Waals surface area (Å²) in [6, 6.07) is 16.2. The van der Waals surface area contributed by atoms with Crippen molar-refractivity contribution in [3.05, 3.63) is 70.2 Å². The molecule has 5 heteroatoms. The number of hydrogen-bond acceptors (Lipinski definition) is 2. The van der Waals surface area contributed by atoms with E-state index in [2.05, 4.69) is 29.6 Å². The number of halogens is 2. The van der Waals surface area contributed by atoms with Gasteiger partial charge in [0.25, 0.3) is 0 Å². The van der Waals surface area contributed by atoms with E-state index in [1.165, 1.54) is 16.7 Å². The number of nitrogens with one attached hydrogen (secondary N) is 1. The summed E-state index contributed by atoms with van der Waals surface area (Å²) in [5, 5.41) is 4.15. The van der Waals surface area contributed by atoms with Gasteiger partial charge in [0.1, 0.15) is 0 Å². The summed E-state index contributed by atoms with van der Waals surface area (Å²) >= 11 is 5.95. The van der Waals surface area contributed by atoms with Gasteiger partial charge in [-0.25, -0.2) is 0 Å². The normalized spacial score (nSPS) is 22.1. The first-order valence-corrected chi connectivity index (χ1v) is 8.43. The van der Waals surface area contributed by atoms with Crippen LogP contribution in [0.25, 0.3) is 0 Å². The number of nitrogens with zero attached hydrogens (tertiary/aromatic N) is 1. The van der Waals surface area contributed by atoms with Crippen molar-refractivity contribution in [3.8, 4) is 0 Å². The average molecular weight is 363 g/mol. The molecule has 0 spiro atoms. The lowest BCUT2D eigenvalue weighted by Crippen LogP contribution is -2.40. The van der Waals surface area contributed by atoms with E-state index in [4.69, 9.17) is 11.6 Å². The van der Waals surface area contributed by atoms with Gasteiger partial charge in [-0.15, -0.1) is 12.4 Å². The maximum Gasteiger partial charge on any atom is 0.240 e. The molecule has 2 aromatic rings. The SMILES string of the molecule is Cl.O=C([C@H]1C[C@@H](c2ccc(Cl)cc2)CN1)N1Cc2ccccc2C1. The molecule has 1 fully saturated rings. The van der Waals surface area contributed by atoms with Crippen molar-refractivity contribution in [2.24, 2.45) is 0 Å². The van der Waals surface area contributed by atoms with E-state index >= 15 is 0 Å². The van der Waals surface area contributed by atoms with Crippen LogP contribution in [0.4, 0.5) is 0 Å². The van der Waals surface area contributed by atoms with Gasteiger partial charge in [-0.3, -0.25) is 4.79 Å². The van der Waals surface area contributed by atoms with Crippen molar-refractivity contribution in [1.29, 1.82) is 0 Å². The minimum absolute atomic E-state index is 0. The highest BCUT2D eigenvalue weighted by molar-refractivity contribution is 6.30. The second-order valence-corrected chi connectivity index (χ2v) is 6.84. The Morgan fingerprint density at radius 3 is 2.29 bits per heavy atom. The fourth-order valence-electron chi connectivity index (χ4n) is 3.62. The molecule has 2 atom stereocenters. The molecule has 1 N–H and O–H groups in total. The van der Waals surface area contributed by atoms with Crippen LogP contribution in [0.1, 0.15) is 29.0 Å². The lowest BCUT2D eigenvalue weighted by molar-refractivity contribution is -0.133. The second kappa shape index (κ2) is 7.14. The Kier molecular flexibility index (Phi) is 5.14. The fraction of sp³-hybridized carbons (Fsp3) is 0.316. The van der Waals surface area contributed by atoms with Crippen LogP contribution in [0.5, 0.6) is 0 Å². The highest BCUT2D eigenvalue weighted by Crippen LogP contribution is 2.29. The van der Waals surface area contributed by atoms with Crippen LogP contribution in [0.3, 0.4) is 0 Å². The van der Waals surface area contributed by atoms with Crippen molar-refractivity contribution >= 4 is 29.9 Å². The Hall–Kier alpha value is -1.55. The van der Waals surface area contributed by atoms with E-state index in [0.29, 0.717) is 5.92 Å². The minimum atomic E-state index is -0.0787. The van der Waals surface area contributed by atoms with Crippen molar-refractivity contribution in [2.45, 2.75) is 31.5 Å². The first-order chi connectivity index (χ1) is 11.2. The largest absolute Gasteiger partial charge is 0.333 e. The molecule has 4 rings (SSSR count). The van der Waals surface area contributed by atoms with Gasteiger partial charge in [0.15, 0.2) is 0 Å². The molecule has 0 saturated carbocycles. The number of hydrogen-bond donors (Lipinski definition) is 1. The molecule has 2 aromatic carbocycles. The molecule has 1 amide bonds. The number of benzene rings is 2. The molecule has 1 saturated heterocycles. The van der Waals surface area contributed by atoms with Gasteiger partial charge >= 0.3 is 0 Å². The number of rotatable bonds is 2. The van der Waals surface area contributed by atoms with E-state index < -0.39 is 0 Å². The second-order valence-electron chi connectivity index (χ2n) is 6.41. The summed E-state index contributed by atoms with van der Waals surface area (Å²) in [4.78, 5) is 14.8. The summed E-state index contributed by atoms with van der Waals surface area (Å²) in [6.45, 7) is 2.32. The van der Waals surface area contributed by atoms with Crippen molar-refractivity contribution in [1.82, 2.24) is 10.2 Å². The highest BCUT2D eigenvalue weighted by Gasteiger charge is 2.34. The number of fused-ring (bicyclic) bond motifs is 1. The average Bonchev–Trinajstić information content (AvgIpc) is 3.22. The van der Waals surface area contributed by atoms with Gasteiger partial charge in [0, 0.05) is 24.7 Å². The third-order valence-electron chi connectivity index (χ3n) is 4.92. The van der Waals surface area contributed by atoms with Crippen LogP contribution in [0, 0.1) is 0 Å². The molecule has 0 unspecified atom stereocenters. The van der Waals surface area contributed by atoms with Crippen LogP contribution in [0.2, 0.25) is 5.02 Å². The molecule has 24 heavy (non-hydrogen) atoms. The summed E-state index contributed by atoms with van der Waals surface area (Å²) in [5.41, 5.74) is 3.79. The first kappa shape index (κ1) is 17.3. The Morgan fingerprint density at radius 2 is 1.67 bits per heavy atom. The molecular formula is C19H20Cl2N2O. The van der Waals surface area contributed by atoms with Crippen molar-refractivity contribution in [2.75, 3.05) is 6.54 Å². The molecule has 2 heterocycles. The van der Waals surface area contributed by atoms with Crippen molar-refractivity contribution < 1.29 is 4.79 Å². The van der Waals surface area contributed by atoms with Crippen LogP contribution in [-0.2, 0) is 17.9 Å². The first-order valence-electron chi connectivity index (χ1n) is 8.05. The zero-order valence-electron chi connectivity index (χ0n) is 13.2. The molecule has 0 aliphatic carbocycles. The Labute approximate surface area is 153 Å². The van der Waals surface area contributed by atoms with Gasteiger partial charge in [-0.05, 0) is 41.2 Å². The van der Waals surface area contributed by atoms with Crippen LogP contribution >= 0.6 is 24.0 Å². The highest BCUT2D eigenvalue weighted by atomic mass is 35.5. The molecular weight excluding hydrogens is 343 g/mol. The summed E-state index contributed by atoms with van der Waals surface area (Å²) in [6.07, 6.45) is 0.854. The van der Waals surface area contributed by atoms with E-state index in [-0.39, 0.29) is 24.4 Å². The molecule has 2 aliphatic heterocycles. The Morgan fingerprint density at radius 1 is 1.04 bits per heavy atom. The minimum Gasteiger partial charge on any atom is -0.333 e. The zero-order valence-corrected chi connectivity index (χ0v) is 14.8. The zero-order chi connectivity index (χ0) is 15.8. The smallest absolute Gasteiger partial charge is 0.240 e.